The van der Waals surface area contributed by atoms with Crippen LogP contribution in [0.5, 0.6) is 5.75 Å². The van der Waals surface area contributed by atoms with Gasteiger partial charge in [-0.1, -0.05) is 13.8 Å². The molecule has 0 N–H and O–H groups in total. The molecule has 2 heterocycles. The Hall–Kier alpha value is -2.30. The number of aromatic nitrogens is 2. The molecule has 3 rings (SSSR count). The third-order valence-corrected chi connectivity index (χ3v) is 5.09. The van der Waals surface area contributed by atoms with E-state index in [2.05, 4.69) is 35.5 Å². The van der Waals surface area contributed by atoms with E-state index in [1.54, 1.807) is 7.11 Å². The van der Waals surface area contributed by atoms with E-state index in [4.69, 9.17) is 4.74 Å². The number of carbonyl (C=O) groups excluding carboxylic acids is 1. The highest BCUT2D eigenvalue weighted by molar-refractivity contribution is 5.79. The van der Waals surface area contributed by atoms with E-state index in [9.17, 15) is 4.79 Å². The van der Waals surface area contributed by atoms with Crippen molar-refractivity contribution in [3.05, 3.63) is 36.3 Å². The topological polar surface area (TPSA) is 47.4 Å². The summed E-state index contributed by atoms with van der Waals surface area (Å²) >= 11 is 0. The van der Waals surface area contributed by atoms with E-state index in [0.717, 1.165) is 68.1 Å². The zero-order valence-electron chi connectivity index (χ0n) is 16.1. The van der Waals surface area contributed by atoms with Gasteiger partial charge in [-0.05, 0) is 43.5 Å². The van der Waals surface area contributed by atoms with Crippen LogP contribution in [0.15, 0.2) is 30.5 Å². The highest BCUT2D eigenvalue weighted by Gasteiger charge is 2.29. The minimum atomic E-state index is 0.0480. The van der Waals surface area contributed by atoms with E-state index in [1.165, 1.54) is 0 Å². The van der Waals surface area contributed by atoms with Gasteiger partial charge in [0.15, 0.2) is 0 Å². The van der Waals surface area contributed by atoms with Crippen LogP contribution in [0.4, 0.5) is 0 Å². The second-order valence-electron chi connectivity index (χ2n) is 6.96. The van der Waals surface area contributed by atoms with Crippen molar-refractivity contribution in [2.45, 2.75) is 46.1 Å². The Morgan fingerprint density at radius 3 is 2.54 bits per heavy atom. The first-order valence-corrected chi connectivity index (χ1v) is 9.65. The Balaban J connectivity index is 1.81. The molecule has 5 nitrogen and oxygen atoms in total. The quantitative estimate of drug-likeness (QED) is 0.759. The summed E-state index contributed by atoms with van der Waals surface area (Å²) in [6.07, 6.45) is 5.69. The van der Waals surface area contributed by atoms with Crippen LogP contribution in [0.3, 0.4) is 0 Å². The summed E-state index contributed by atoms with van der Waals surface area (Å²) in [6, 6.07) is 8.03. The van der Waals surface area contributed by atoms with Crippen molar-refractivity contribution in [1.82, 2.24) is 14.5 Å². The third-order valence-electron chi connectivity index (χ3n) is 5.09. The number of nitrogens with zero attached hydrogens (tertiary/aromatic N) is 3. The number of ether oxygens (including phenoxy) is 1. The summed E-state index contributed by atoms with van der Waals surface area (Å²) in [4.78, 5) is 19.7. The lowest BCUT2D eigenvalue weighted by molar-refractivity contribution is -0.136. The lowest BCUT2D eigenvalue weighted by atomic mass is 9.97. The maximum atomic E-state index is 13.0. The van der Waals surface area contributed by atoms with Crippen molar-refractivity contribution in [2.24, 2.45) is 5.92 Å². The minimum absolute atomic E-state index is 0.0480. The van der Waals surface area contributed by atoms with Crippen LogP contribution in [-0.4, -0.2) is 40.6 Å². The highest BCUT2D eigenvalue weighted by Crippen LogP contribution is 2.29. The third kappa shape index (κ3) is 3.76. The molecule has 0 radical (unpaired) electrons. The van der Waals surface area contributed by atoms with Crippen LogP contribution in [0.2, 0.25) is 0 Å². The van der Waals surface area contributed by atoms with Crippen molar-refractivity contribution in [1.29, 1.82) is 0 Å². The fourth-order valence-electron chi connectivity index (χ4n) is 3.76. The molecule has 0 spiro atoms. The van der Waals surface area contributed by atoms with Crippen LogP contribution >= 0.6 is 0 Å². The molecule has 1 amide bonds. The van der Waals surface area contributed by atoms with E-state index < -0.39 is 0 Å². The van der Waals surface area contributed by atoms with E-state index >= 15 is 0 Å². The smallest absolute Gasteiger partial charge is 0.227 e. The highest BCUT2D eigenvalue weighted by atomic mass is 16.5. The number of benzene rings is 1. The largest absolute Gasteiger partial charge is 0.497 e. The van der Waals surface area contributed by atoms with E-state index in [0.29, 0.717) is 5.91 Å². The lowest BCUT2D eigenvalue weighted by Crippen LogP contribution is -2.40. The number of methoxy groups -OCH3 is 1. The molecule has 2 aromatic rings. The Morgan fingerprint density at radius 1 is 1.23 bits per heavy atom. The second kappa shape index (κ2) is 8.39. The van der Waals surface area contributed by atoms with Gasteiger partial charge in [-0.25, -0.2) is 4.98 Å². The Morgan fingerprint density at radius 2 is 1.92 bits per heavy atom. The van der Waals surface area contributed by atoms with Gasteiger partial charge in [0, 0.05) is 31.6 Å². The molecule has 0 saturated heterocycles. The number of hydrogen-bond donors (Lipinski definition) is 0. The first kappa shape index (κ1) is 18.5. The first-order chi connectivity index (χ1) is 12.7. The molecule has 0 aliphatic carbocycles. The SMILES string of the molecule is CCCN(CCC)C(=O)C1CCc2ncc(-c3ccc(OC)cc3)n2C1. The molecule has 140 valence electrons. The standard InChI is InChI=1S/C21H29N3O2/c1-4-12-23(13-5-2)21(25)17-8-11-20-22-14-19(24(20)15-17)16-6-9-18(26-3)10-7-16/h6-7,9-10,14,17H,4-5,8,11-13,15H2,1-3H3. The van der Waals surface area contributed by atoms with Gasteiger partial charge in [-0.2, -0.15) is 0 Å². The maximum absolute atomic E-state index is 13.0. The van der Waals surface area contributed by atoms with E-state index in [1.807, 2.05) is 23.2 Å². The van der Waals surface area contributed by atoms with Gasteiger partial charge in [0.05, 0.1) is 24.9 Å². The van der Waals surface area contributed by atoms with Crippen molar-refractivity contribution in [2.75, 3.05) is 20.2 Å². The van der Waals surface area contributed by atoms with Crippen LogP contribution in [0, 0.1) is 5.92 Å². The zero-order valence-corrected chi connectivity index (χ0v) is 16.1. The maximum Gasteiger partial charge on any atom is 0.227 e. The molecule has 1 aromatic heterocycles. The van der Waals surface area contributed by atoms with E-state index in [-0.39, 0.29) is 5.92 Å². The monoisotopic (exact) mass is 355 g/mol. The van der Waals surface area contributed by atoms with Gasteiger partial charge in [-0.15, -0.1) is 0 Å². The number of amides is 1. The van der Waals surface area contributed by atoms with Gasteiger partial charge in [-0.3, -0.25) is 4.79 Å². The molecule has 1 aliphatic heterocycles. The number of fused-ring (bicyclic) bond motifs is 1. The van der Waals surface area contributed by atoms with Crippen molar-refractivity contribution >= 4 is 5.91 Å². The number of carbonyl (C=O) groups is 1. The normalized spacial score (nSPS) is 16.2. The minimum Gasteiger partial charge on any atom is -0.497 e. The fourth-order valence-corrected chi connectivity index (χ4v) is 3.76. The van der Waals surface area contributed by atoms with Gasteiger partial charge in [0.2, 0.25) is 5.91 Å². The van der Waals surface area contributed by atoms with Crippen LogP contribution in [0.25, 0.3) is 11.3 Å². The molecule has 26 heavy (non-hydrogen) atoms. The number of rotatable bonds is 7. The van der Waals surface area contributed by atoms with Crippen LogP contribution in [0.1, 0.15) is 38.9 Å². The summed E-state index contributed by atoms with van der Waals surface area (Å²) in [6.45, 7) is 6.69. The number of aryl methyl sites for hydroxylation is 1. The van der Waals surface area contributed by atoms with Gasteiger partial charge < -0.3 is 14.2 Å². The van der Waals surface area contributed by atoms with Crippen molar-refractivity contribution < 1.29 is 9.53 Å². The Bertz CT molecular complexity index is 730. The Labute approximate surface area is 156 Å². The predicted octanol–water partition coefficient (Wildman–Crippen LogP) is 3.77. The summed E-state index contributed by atoms with van der Waals surface area (Å²) in [5, 5.41) is 0. The predicted molar refractivity (Wildman–Crippen MR) is 103 cm³/mol. The Kier molecular flexibility index (Phi) is 5.96. The molecule has 1 aliphatic rings. The van der Waals surface area contributed by atoms with Gasteiger partial charge in [0.1, 0.15) is 11.6 Å². The lowest BCUT2D eigenvalue weighted by Gasteiger charge is -2.30. The van der Waals surface area contributed by atoms with Crippen LogP contribution < -0.4 is 4.74 Å². The molecule has 0 saturated carbocycles. The molecule has 5 heteroatoms. The summed E-state index contributed by atoms with van der Waals surface area (Å²) in [7, 11) is 1.67. The first-order valence-electron chi connectivity index (χ1n) is 9.65. The molecular weight excluding hydrogens is 326 g/mol. The van der Waals surface area contributed by atoms with Gasteiger partial charge >= 0.3 is 0 Å². The summed E-state index contributed by atoms with van der Waals surface area (Å²) in [5.41, 5.74) is 2.19. The molecule has 0 fully saturated rings. The molecule has 1 unspecified atom stereocenters. The summed E-state index contributed by atoms with van der Waals surface area (Å²) in [5.74, 6) is 2.27. The van der Waals surface area contributed by atoms with Crippen LogP contribution in [-0.2, 0) is 17.8 Å². The molecular formula is C21H29N3O2. The second-order valence-corrected chi connectivity index (χ2v) is 6.96. The fraction of sp³-hybridized carbons (Fsp3) is 0.524. The molecule has 0 bridgehead atoms. The van der Waals surface area contributed by atoms with Crippen molar-refractivity contribution in [3.63, 3.8) is 0 Å². The van der Waals surface area contributed by atoms with Gasteiger partial charge in [0.25, 0.3) is 0 Å². The molecule has 1 atom stereocenters. The zero-order chi connectivity index (χ0) is 18.5. The number of hydrogen-bond acceptors (Lipinski definition) is 3. The number of imidazole rings is 1. The average molecular weight is 355 g/mol. The molecule has 1 aromatic carbocycles. The van der Waals surface area contributed by atoms with Crippen molar-refractivity contribution in [3.8, 4) is 17.0 Å². The summed E-state index contributed by atoms with van der Waals surface area (Å²) < 4.78 is 7.47. The average Bonchev–Trinajstić information content (AvgIpc) is 3.10.